The normalized spacial score (nSPS) is 12.8. The van der Waals surface area contributed by atoms with Crippen molar-refractivity contribution < 1.29 is 52.2 Å². The molecule has 390 valence electrons. The number of carbonyl (C=O) groups excluding carboxylic acids is 7. The molecule has 0 bridgehead atoms. The summed E-state index contributed by atoms with van der Waals surface area (Å²) in [6.07, 6.45) is -0.319. The summed E-state index contributed by atoms with van der Waals surface area (Å²) in [5.74, 6) is -5.92. The number of ether oxygens (including phenoxy) is 1. The number of carbonyl (C=O) groups is 7. The van der Waals surface area contributed by atoms with E-state index in [0.717, 1.165) is 23.8 Å². The molecule has 4 aromatic rings. The van der Waals surface area contributed by atoms with Gasteiger partial charge in [-0.2, -0.15) is 0 Å². The number of hydrogen-bond acceptors (Lipinski definition) is 10. The second-order valence-electron chi connectivity index (χ2n) is 19.3. The van der Waals surface area contributed by atoms with Crippen LogP contribution in [-0.2, 0) is 46.7 Å². The molecule has 0 radical (unpaired) electrons. The Labute approximate surface area is 419 Å². The number of amides is 7. The van der Waals surface area contributed by atoms with E-state index in [4.69, 9.17) is 10.5 Å². The fourth-order valence-corrected chi connectivity index (χ4v) is 7.58. The van der Waals surface area contributed by atoms with Gasteiger partial charge in [0.1, 0.15) is 43.5 Å². The highest BCUT2D eigenvalue weighted by molar-refractivity contribution is 5.95. The van der Waals surface area contributed by atoms with E-state index in [-0.39, 0.29) is 68.7 Å². The van der Waals surface area contributed by atoms with Crippen molar-refractivity contribution >= 4 is 41.5 Å². The average molecular weight is 1000 g/mol. The fraction of sp³-hybridized carbons (Fsp3) is 0.442. The molecule has 3 atom stereocenters. The topological polar surface area (TPSA) is 255 Å². The van der Waals surface area contributed by atoms with E-state index in [2.05, 4.69) is 31.9 Å². The average Bonchev–Trinajstić information content (AvgIpc) is 3.73. The van der Waals surface area contributed by atoms with Gasteiger partial charge in [0.05, 0.1) is 19.0 Å². The highest BCUT2D eigenvalue weighted by Gasteiger charge is 2.38. The Morgan fingerprint density at radius 1 is 0.764 bits per heavy atom. The van der Waals surface area contributed by atoms with Crippen LogP contribution in [0, 0.1) is 23.0 Å². The zero-order chi connectivity index (χ0) is 53.2. The quantitative estimate of drug-likeness (QED) is 0.0423. The standard InChI is InChI=1S/C52H69F2N9O9/c1-33(2)52(6,7)59-28-44(66)56-21-22-57-48(69)40(61-49(70)41(26-43(55)65)60-45(67)27-58-50(71)72-32-35-16-12-9-13-17-35)20-23-63(46(68)31-64)47(51(3,4)5)42-24-36(38-25-37(53)18-19-39(38)54)30-62(42)29-34-14-10-8-11-15-34/h8-19,24-25,30,33,40-41,47,59,64H,20-23,26-29,31-32H2,1-7H3,(H2,55,65)(H,56,66)(H,57,69)(H,58,71)(H,60,67)(H,61,70)/t40-,41-,47-/m0/s1. The van der Waals surface area contributed by atoms with Crippen molar-refractivity contribution in [2.24, 2.45) is 17.1 Å². The van der Waals surface area contributed by atoms with Gasteiger partial charge in [0.15, 0.2) is 0 Å². The minimum atomic E-state index is -1.64. The molecule has 0 saturated heterocycles. The first-order valence-electron chi connectivity index (χ1n) is 23.7. The number of nitrogens with zero attached hydrogens (tertiary/aromatic N) is 2. The molecule has 18 nitrogen and oxygen atoms in total. The molecule has 1 heterocycles. The molecule has 0 unspecified atom stereocenters. The molecule has 9 N–H and O–H groups in total. The Morgan fingerprint density at radius 3 is 2.01 bits per heavy atom. The number of nitrogens with one attached hydrogen (secondary N) is 6. The molecular weight excluding hydrogens is 933 g/mol. The lowest BCUT2D eigenvalue weighted by atomic mass is 9.82. The van der Waals surface area contributed by atoms with Crippen molar-refractivity contribution in [3.8, 4) is 11.1 Å². The minimum Gasteiger partial charge on any atom is -0.445 e. The minimum absolute atomic E-state index is 0.00619. The number of benzene rings is 3. The Hall–Kier alpha value is -7.19. The van der Waals surface area contributed by atoms with E-state index >= 15 is 4.39 Å². The van der Waals surface area contributed by atoms with Gasteiger partial charge >= 0.3 is 6.09 Å². The van der Waals surface area contributed by atoms with Crippen LogP contribution in [0.5, 0.6) is 0 Å². The lowest BCUT2D eigenvalue weighted by molar-refractivity contribution is -0.140. The predicted molar refractivity (Wildman–Crippen MR) is 266 cm³/mol. The first-order chi connectivity index (χ1) is 34.0. The molecule has 0 aliphatic rings. The molecule has 0 aliphatic heterocycles. The smallest absolute Gasteiger partial charge is 0.407 e. The Bertz CT molecular complexity index is 2480. The second kappa shape index (κ2) is 26.9. The second-order valence-corrected chi connectivity index (χ2v) is 19.3. The van der Waals surface area contributed by atoms with Crippen molar-refractivity contribution in [3.05, 3.63) is 120 Å². The number of rotatable bonds is 26. The molecule has 7 amide bonds. The molecule has 0 spiro atoms. The number of aromatic nitrogens is 1. The zero-order valence-corrected chi connectivity index (χ0v) is 42.0. The van der Waals surface area contributed by atoms with Crippen LogP contribution in [0.25, 0.3) is 11.1 Å². The summed E-state index contributed by atoms with van der Waals surface area (Å²) in [6.45, 7) is 11.6. The summed E-state index contributed by atoms with van der Waals surface area (Å²) in [7, 11) is 0. The van der Waals surface area contributed by atoms with Crippen LogP contribution >= 0.6 is 0 Å². The zero-order valence-electron chi connectivity index (χ0n) is 42.0. The van der Waals surface area contributed by atoms with Gasteiger partial charge in [-0.25, -0.2) is 13.6 Å². The Morgan fingerprint density at radius 2 is 1.40 bits per heavy atom. The summed E-state index contributed by atoms with van der Waals surface area (Å²) in [5.41, 5.74) is 6.60. The molecule has 1 aromatic heterocycles. The molecule has 3 aromatic carbocycles. The van der Waals surface area contributed by atoms with Crippen LogP contribution in [-0.4, -0.2) is 113 Å². The maximum atomic E-state index is 15.4. The predicted octanol–water partition coefficient (Wildman–Crippen LogP) is 3.81. The first kappa shape index (κ1) is 57.4. The third-order valence-corrected chi connectivity index (χ3v) is 12.1. The summed E-state index contributed by atoms with van der Waals surface area (Å²) in [4.78, 5) is 93.8. The summed E-state index contributed by atoms with van der Waals surface area (Å²) < 4.78 is 36.9. The number of primary amides is 1. The lowest BCUT2D eigenvalue weighted by Gasteiger charge is -2.41. The van der Waals surface area contributed by atoms with E-state index in [1.54, 1.807) is 47.2 Å². The van der Waals surface area contributed by atoms with Crippen LogP contribution in [0.3, 0.4) is 0 Å². The summed E-state index contributed by atoms with van der Waals surface area (Å²) in [5, 5.41) is 26.2. The van der Waals surface area contributed by atoms with Gasteiger partial charge in [-0.05, 0) is 67.0 Å². The van der Waals surface area contributed by atoms with E-state index in [0.29, 0.717) is 16.8 Å². The number of halogens is 2. The van der Waals surface area contributed by atoms with Gasteiger partial charge in [0, 0.05) is 54.7 Å². The van der Waals surface area contributed by atoms with Crippen LogP contribution < -0.4 is 37.6 Å². The van der Waals surface area contributed by atoms with Gasteiger partial charge in [0.25, 0.3) is 0 Å². The Kier molecular flexibility index (Phi) is 21.4. The first-order valence-corrected chi connectivity index (χ1v) is 23.7. The van der Waals surface area contributed by atoms with E-state index in [1.165, 1.54) is 4.90 Å². The van der Waals surface area contributed by atoms with Gasteiger partial charge < -0.3 is 56.9 Å². The summed E-state index contributed by atoms with van der Waals surface area (Å²) in [6, 6.07) is 18.7. The maximum absolute atomic E-state index is 15.4. The fourth-order valence-electron chi connectivity index (χ4n) is 7.58. The number of hydrogen-bond donors (Lipinski definition) is 8. The van der Waals surface area contributed by atoms with Crippen molar-refractivity contribution in [3.63, 3.8) is 0 Å². The molecule has 0 aliphatic carbocycles. The van der Waals surface area contributed by atoms with E-state index in [1.807, 2.05) is 78.8 Å². The van der Waals surface area contributed by atoms with Crippen LogP contribution in [0.15, 0.2) is 91.1 Å². The van der Waals surface area contributed by atoms with E-state index in [9.17, 15) is 43.1 Å². The highest BCUT2D eigenvalue weighted by Crippen LogP contribution is 2.41. The molecular formula is C52H69F2N9O9. The molecule has 20 heteroatoms. The third kappa shape index (κ3) is 17.9. The van der Waals surface area contributed by atoms with Crippen molar-refractivity contribution in [2.45, 2.75) is 98.1 Å². The monoisotopic (exact) mass is 1000 g/mol. The number of aliphatic hydroxyl groups excluding tert-OH is 1. The van der Waals surface area contributed by atoms with Gasteiger partial charge in [-0.3, -0.25) is 28.8 Å². The van der Waals surface area contributed by atoms with E-state index < -0.39 is 90.4 Å². The van der Waals surface area contributed by atoms with Crippen LogP contribution in [0.1, 0.15) is 84.2 Å². The highest BCUT2D eigenvalue weighted by atomic mass is 19.1. The largest absolute Gasteiger partial charge is 0.445 e. The van der Waals surface area contributed by atoms with Gasteiger partial charge in [0.2, 0.25) is 35.4 Å². The SMILES string of the molecule is CC(C)C(C)(C)NCC(=O)NCCNC(=O)[C@H](CCN(C(=O)CO)[C@@H](c1cc(-c2cc(F)ccc2F)cn1Cc1ccccc1)C(C)(C)C)NC(=O)[C@H](CC(N)=O)NC(=O)CNC(=O)OCc1ccccc1. The van der Waals surface area contributed by atoms with Gasteiger partial charge in [-0.1, -0.05) is 95.3 Å². The van der Waals surface area contributed by atoms with Crippen LogP contribution in [0.2, 0.25) is 0 Å². The van der Waals surface area contributed by atoms with Gasteiger partial charge in [-0.15, -0.1) is 0 Å². The van der Waals surface area contributed by atoms with Crippen LogP contribution in [0.4, 0.5) is 13.6 Å². The number of nitrogens with two attached hydrogens (primary N) is 1. The molecule has 72 heavy (non-hydrogen) atoms. The lowest BCUT2D eigenvalue weighted by Crippen LogP contribution is -2.57. The third-order valence-electron chi connectivity index (χ3n) is 12.1. The van der Waals surface area contributed by atoms with Crippen molar-refractivity contribution in [1.29, 1.82) is 0 Å². The molecule has 4 rings (SSSR count). The molecule has 0 saturated carbocycles. The number of aliphatic hydroxyl groups is 1. The van der Waals surface area contributed by atoms with Crippen molar-refractivity contribution in [1.82, 2.24) is 41.4 Å². The molecule has 0 fully saturated rings. The maximum Gasteiger partial charge on any atom is 0.407 e. The Balaban J connectivity index is 1.64. The van der Waals surface area contributed by atoms with Crippen molar-refractivity contribution in [2.75, 3.05) is 39.3 Å². The number of alkyl carbamates (subject to hydrolysis) is 1. The summed E-state index contributed by atoms with van der Waals surface area (Å²) >= 11 is 0.